The summed E-state index contributed by atoms with van der Waals surface area (Å²) in [5.41, 5.74) is 0. The van der Waals surface area contributed by atoms with Crippen molar-refractivity contribution in [2.45, 2.75) is 45.2 Å². The Balaban J connectivity index is 2.01. The van der Waals surface area contributed by atoms with E-state index in [4.69, 9.17) is 4.43 Å². The van der Waals surface area contributed by atoms with Crippen molar-refractivity contribution in [1.29, 1.82) is 0 Å². The highest BCUT2D eigenvalue weighted by atomic mass is 28.4. The third kappa shape index (κ3) is 3.26. The van der Waals surface area contributed by atoms with Gasteiger partial charge in [0, 0.05) is 5.92 Å². The lowest BCUT2D eigenvalue weighted by Gasteiger charge is -2.31. The average molecular weight is 260 g/mol. The van der Waals surface area contributed by atoms with Crippen molar-refractivity contribution in [1.82, 2.24) is 0 Å². The zero-order valence-electron chi connectivity index (χ0n) is 11.6. The van der Waals surface area contributed by atoms with Crippen LogP contribution in [0, 0.1) is 5.92 Å². The van der Waals surface area contributed by atoms with E-state index in [1.54, 1.807) is 0 Å². The second-order valence-electron chi connectivity index (χ2n) is 5.78. The van der Waals surface area contributed by atoms with E-state index in [1.165, 1.54) is 37.3 Å². The Labute approximate surface area is 112 Å². The molecule has 0 heterocycles. The third-order valence-corrected chi connectivity index (χ3v) is 6.41. The molecule has 98 valence electrons. The smallest absolute Gasteiger partial charge is 0.276 e. The van der Waals surface area contributed by atoms with Crippen LogP contribution >= 0.6 is 0 Å². The summed E-state index contributed by atoms with van der Waals surface area (Å²) in [4.78, 5) is 0. The van der Waals surface area contributed by atoms with Gasteiger partial charge in [-0.1, -0.05) is 56.2 Å². The molecule has 0 saturated heterocycles. The van der Waals surface area contributed by atoms with E-state index in [9.17, 15) is 0 Å². The van der Waals surface area contributed by atoms with E-state index in [1.807, 2.05) is 0 Å². The van der Waals surface area contributed by atoms with Gasteiger partial charge < -0.3 is 4.43 Å². The van der Waals surface area contributed by atoms with Crippen LogP contribution in [0.3, 0.4) is 0 Å². The van der Waals surface area contributed by atoms with E-state index in [-0.39, 0.29) is 0 Å². The zero-order chi connectivity index (χ0) is 13.0. The molecule has 0 amide bonds. The van der Waals surface area contributed by atoms with Crippen LogP contribution in [0.15, 0.2) is 42.7 Å². The summed E-state index contributed by atoms with van der Waals surface area (Å²) in [6.07, 6.45) is 6.57. The van der Waals surface area contributed by atoms with Crippen molar-refractivity contribution in [3.8, 4) is 0 Å². The first-order valence-corrected chi connectivity index (χ1v) is 9.94. The van der Waals surface area contributed by atoms with Gasteiger partial charge in [0.05, 0.1) is 5.76 Å². The van der Waals surface area contributed by atoms with Crippen LogP contribution < -0.4 is 5.19 Å². The van der Waals surface area contributed by atoms with Crippen LogP contribution in [-0.2, 0) is 4.43 Å². The molecule has 2 rings (SSSR count). The monoisotopic (exact) mass is 260 g/mol. The van der Waals surface area contributed by atoms with Crippen molar-refractivity contribution in [3.05, 3.63) is 42.7 Å². The summed E-state index contributed by atoms with van der Waals surface area (Å²) in [7, 11) is -1.83. The predicted octanol–water partition coefficient (Wildman–Crippen LogP) is 4.21. The molecule has 1 aliphatic rings. The van der Waals surface area contributed by atoms with E-state index >= 15 is 0 Å². The molecule has 1 nitrogen and oxygen atoms in total. The molecule has 0 unspecified atom stereocenters. The number of hydrogen-bond acceptors (Lipinski definition) is 1. The lowest BCUT2D eigenvalue weighted by Crippen LogP contribution is -2.45. The molecule has 0 aromatic heterocycles. The fourth-order valence-electron chi connectivity index (χ4n) is 2.73. The fourth-order valence-corrected chi connectivity index (χ4v) is 4.67. The van der Waals surface area contributed by atoms with Gasteiger partial charge in [-0.05, 0) is 31.1 Å². The van der Waals surface area contributed by atoms with Gasteiger partial charge in [0.2, 0.25) is 0 Å². The molecule has 0 N–H and O–H groups in total. The lowest BCUT2D eigenvalue weighted by atomic mass is 9.88. The summed E-state index contributed by atoms with van der Waals surface area (Å²) in [5.74, 6) is 1.63. The Morgan fingerprint density at radius 3 is 2.33 bits per heavy atom. The maximum Gasteiger partial charge on any atom is 0.276 e. The average Bonchev–Trinajstić information content (AvgIpc) is 2.40. The molecule has 0 radical (unpaired) electrons. The number of benzene rings is 1. The molecule has 0 bridgehead atoms. The lowest BCUT2D eigenvalue weighted by molar-refractivity contribution is 0.289. The summed E-state index contributed by atoms with van der Waals surface area (Å²) in [6.45, 7) is 8.72. The Hall–Kier alpha value is -1.02. The van der Waals surface area contributed by atoms with Gasteiger partial charge in [-0.2, -0.15) is 0 Å². The topological polar surface area (TPSA) is 9.23 Å². The van der Waals surface area contributed by atoms with Crippen molar-refractivity contribution in [2.24, 2.45) is 5.92 Å². The first kappa shape index (κ1) is 13.4. The fraction of sp³-hybridized carbons (Fsp3) is 0.500. The van der Waals surface area contributed by atoms with Crippen molar-refractivity contribution < 1.29 is 4.43 Å². The number of allylic oxidation sites excluding steroid dienone is 1. The Morgan fingerprint density at radius 2 is 1.72 bits per heavy atom. The molecule has 1 fully saturated rings. The minimum Gasteiger partial charge on any atom is -0.543 e. The SMILES string of the molecule is C=C(O[Si](C)(C)c1ccccc1)C1CCCCC1. The summed E-state index contributed by atoms with van der Waals surface area (Å²) < 4.78 is 6.31. The summed E-state index contributed by atoms with van der Waals surface area (Å²) >= 11 is 0. The molecule has 2 heteroatoms. The van der Waals surface area contributed by atoms with Crippen molar-refractivity contribution in [2.75, 3.05) is 0 Å². The van der Waals surface area contributed by atoms with Gasteiger partial charge in [-0.3, -0.25) is 0 Å². The molecule has 0 aliphatic heterocycles. The van der Waals surface area contributed by atoms with Crippen LogP contribution in [0.1, 0.15) is 32.1 Å². The molecule has 1 aromatic rings. The van der Waals surface area contributed by atoms with Gasteiger partial charge >= 0.3 is 0 Å². The van der Waals surface area contributed by atoms with Crippen molar-refractivity contribution in [3.63, 3.8) is 0 Å². The molecular weight excluding hydrogens is 236 g/mol. The maximum absolute atomic E-state index is 6.31. The zero-order valence-corrected chi connectivity index (χ0v) is 12.6. The molecule has 0 atom stereocenters. The second kappa shape index (κ2) is 5.74. The second-order valence-corrected chi connectivity index (χ2v) is 9.58. The standard InChI is InChI=1S/C16H24OSi/c1-14(15-10-6-4-7-11-15)17-18(2,3)16-12-8-5-9-13-16/h5,8-9,12-13,15H,1,4,6-7,10-11H2,2-3H3. The highest BCUT2D eigenvalue weighted by Crippen LogP contribution is 2.30. The predicted molar refractivity (Wildman–Crippen MR) is 80.4 cm³/mol. The molecule has 0 spiro atoms. The van der Waals surface area contributed by atoms with Gasteiger partial charge in [-0.25, -0.2) is 0 Å². The number of hydrogen-bond donors (Lipinski definition) is 0. The summed E-state index contributed by atoms with van der Waals surface area (Å²) in [6, 6.07) is 10.6. The minimum absolute atomic E-state index is 0.592. The Bertz CT molecular complexity index is 391. The highest BCUT2D eigenvalue weighted by Gasteiger charge is 2.29. The quantitative estimate of drug-likeness (QED) is 0.582. The summed E-state index contributed by atoms with van der Waals surface area (Å²) in [5, 5.41) is 1.35. The Morgan fingerprint density at radius 1 is 1.11 bits per heavy atom. The molecule has 1 aliphatic carbocycles. The van der Waals surface area contributed by atoms with E-state index in [0.29, 0.717) is 5.92 Å². The van der Waals surface area contributed by atoms with E-state index in [0.717, 1.165) is 5.76 Å². The van der Waals surface area contributed by atoms with Crippen LogP contribution in [0.5, 0.6) is 0 Å². The first-order valence-electron chi connectivity index (χ1n) is 7.03. The van der Waals surface area contributed by atoms with Gasteiger partial charge in [0.15, 0.2) is 0 Å². The largest absolute Gasteiger partial charge is 0.543 e. The van der Waals surface area contributed by atoms with Gasteiger partial charge in [0.1, 0.15) is 0 Å². The van der Waals surface area contributed by atoms with Crippen molar-refractivity contribution >= 4 is 13.5 Å². The molecule has 1 aromatic carbocycles. The molecule has 18 heavy (non-hydrogen) atoms. The van der Waals surface area contributed by atoms with Crippen LogP contribution in [0.25, 0.3) is 0 Å². The maximum atomic E-state index is 6.31. The Kier molecular flexibility index (Phi) is 4.28. The van der Waals surface area contributed by atoms with E-state index in [2.05, 4.69) is 50.0 Å². The highest BCUT2D eigenvalue weighted by molar-refractivity contribution is 6.84. The molecular formula is C16H24OSi. The van der Waals surface area contributed by atoms with Crippen LogP contribution in [0.4, 0.5) is 0 Å². The number of rotatable bonds is 4. The first-order chi connectivity index (χ1) is 8.59. The molecule has 1 saturated carbocycles. The van der Waals surface area contributed by atoms with Gasteiger partial charge in [-0.15, -0.1) is 0 Å². The van der Waals surface area contributed by atoms with Gasteiger partial charge in [0.25, 0.3) is 8.32 Å². The normalized spacial score (nSPS) is 17.4. The van der Waals surface area contributed by atoms with Crippen LogP contribution in [-0.4, -0.2) is 8.32 Å². The third-order valence-electron chi connectivity index (χ3n) is 3.92. The minimum atomic E-state index is -1.83. The van der Waals surface area contributed by atoms with Crippen LogP contribution in [0.2, 0.25) is 13.1 Å². The van der Waals surface area contributed by atoms with E-state index < -0.39 is 8.32 Å².